The van der Waals surface area contributed by atoms with Gasteiger partial charge in [0, 0.05) is 37.3 Å². The zero-order chi connectivity index (χ0) is 13.4. The van der Waals surface area contributed by atoms with Crippen LogP contribution in [-0.2, 0) is 0 Å². The number of fused-ring (bicyclic) bond motifs is 1. The molecular formula is C13H17BN2O3. The number of rotatable bonds is 2. The fraction of sp³-hybridized carbons (Fsp3) is 0.385. The van der Waals surface area contributed by atoms with Crippen molar-refractivity contribution in [3.63, 3.8) is 0 Å². The molecule has 6 heteroatoms. The van der Waals surface area contributed by atoms with Crippen LogP contribution < -0.4 is 10.6 Å². The Kier molecular flexibility index (Phi) is 3.22. The second kappa shape index (κ2) is 4.88. The third-order valence-electron chi connectivity index (χ3n) is 3.66. The van der Waals surface area contributed by atoms with Crippen LogP contribution in [0.3, 0.4) is 0 Å². The summed E-state index contributed by atoms with van der Waals surface area (Å²) in [6, 6.07) is 7.55. The molecule has 0 radical (unpaired) electrons. The number of likely N-dealkylation sites (N-methyl/N-ethyl adjacent to an activating group) is 1. The Morgan fingerprint density at radius 2 is 1.89 bits per heavy atom. The summed E-state index contributed by atoms with van der Waals surface area (Å²) in [4.78, 5) is 4.61. The molecule has 0 aliphatic carbocycles. The maximum atomic E-state index is 9.20. The molecule has 1 aliphatic heterocycles. The fourth-order valence-corrected chi connectivity index (χ4v) is 2.52. The minimum atomic E-state index is -1.56. The van der Waals surface area contributed by atoms with Crippen LogP contribution in [0.5, 0.6) is 0 Å². The average Bonchev–Trinajstić information content (AvgIpc) is 2.83. The first-order chi connectivity index (χ1) is 9.15. The van der Waals surface area contributed by atoms with Crippen LogP contribution in [0.2, 0.25) is 0 Å². The highest BCUT2D eigenvalue weighted by Gasteiger charge is 2.21. The molecule has 3 rings (SSSR count). The third kappa shape index (κ3) is 2.34. The summed E-state index contributed by atoms with van der Waals surface area (Å²) in [6.07, 6.45) is 0. The van der Waals surface area contributed by atoms with Gasteiger partial charge in [-0.2, -0.15) is 0 Å². The lowest BCUT2D eigenvalue weighted by Crippen LogP contribution is -2.44. The van der Waals surface area contributed by atoms with Gasteiger partial charge in [0.25, 0.3) is 0 Å². The third-order valence-corrected chi connectivity index (χ3v) is 3.66. The van der Waals surface area contributed by atoms with Crippen LogP contribution in [0.4, 0.5) is 5.69 Å². The number of piperazine rings is 1. The van der Waals surface area contributed by atoms with Crippen molar-refractivity contribution in [2.45, 2.75) is 0 Å². The highest BCUT2D eigenvalue weighted by molar-refractivity contribution is 6.57. The first-order valence-electron chi connectivity index (χ1n) is 6.47. The number of benzene rings is 1. The Bertz CT molecular complexity index is 576. The predicted molar refractivity (Wildman–Crippen MR) is 75.7 cm³/mol. The molecule has 1 aromatic carbocycles. The van der Waals surface area contributed by atoms with E-state index < -0.39 is 7.12 Å². The van der Waals surface area contributed by atoms with Gasteiger partial charge in [-0.3, -0.25) is 0 Å². The van der Waals surface area contributed by atoms with Gasteiger partial charge in [-0.25, -0.2) is 0 Å². The molecular weight excluding hydrogens is 243 g/mol. The summed E-state index contributed by atoms with van der Waals surface area (Å²) in [5.74, 6) is 0. The molecule has 0 unspecified atom stereocenters. The molecule has 1 saturated heterocycles. The number of anilines is 1. The molecule has 0 bridgehead atoms. The highest BCUT2D eigenvalue weighted by Crippen LogP contribution is 2.27. The SMILES string of the molecule is CN1CCN(c2cccc3oc(B(O)O)cc23)CC1. The van der Waals surface area contributed by atoms with Gasteiger partial charge in [0.2, 0.25) is 0 Å². The Morgan fingerprint density at radius 1 is 1.16 bits per heavy atom. The van der Waals surface area contributed by atoms with E-state index in [4.69, 9.17) is 4.42 Å². The fourth-order valence-electron chi connectivity index (χ4n) is 2.52. The topological polar surface area (TPSA) is 60.1 Å². The maximum absolute atomic E-state index is 9.20. The van der Waals surface area contributed by atoms with Gasteiger partial charge in [0.15, 0.2) is 0 Å². The van der Waals surface area contributed by atoms with E-state index in [1.54, 1.807) is 6.07 Å². The molecule has 0 amide bonds. The van der Waals surface area contributed by atoms with Crippen molar-refractivity contribution < 1.29 is 14.5 Å². The predicted octanol–water partition coefficient (Wildman–Crippen LogP) is -0.136. The van der Waals surface area contributed by atoms with Crippen LogP contribution in [0, 0.1) is 0 Å². The average molecular weight is 260 g/mol. The summed E-state index contributed by atoms with van der Waals surface area (Å²) in [6.45, 7) is 4.00. The summed E-state index contributed by atoms with van der Waals surface area (Å²) >= 11 is 0. The zero-order valence-electron chi connectivity index (χ0n) is 10.9. The molecule has 0 saturated carbocycles. The van der Waals surface area contributed by atoms with Gasteiger partial charge in [-0.05, 0) is 25.2 Å². The van der Waals surface area contributed by atoms with Gasteiger partial charge in [0.1, 0.15) is 11.2 Å². The van der Waals surface area contributed by atoms with E-state index in [1.807, 2.05) is 12.1 Å². The molecule has 1 aliphatic rings. The van der Waals surface area contributed by atoms with Crippen molar-refractivity contribution in [2.24, 2.45) is 0 Å². The largest absolute Gasteiger partial charge is 0.526 e. The second-order valence-electron chi connectivity index (χ2n) is 5.00. The van der Waals surface area contributed by atoms with Crippen molar-refractivity contribution in [3.05, 3.63) is 24.3 Å². The minimum Gasteiger partial charge on any atom is -0.465 e. The molecule has 1 aromatic heterocycles. The van der Waals surface area contributed by atoms with Crippen molar-refractivity contribution in [1.82, 2.24) is 4.90 Å². The van der Waals surface area contributed by atoms with E-state index >= 15 is 0 Å². The van der Waals surface area contributed by atoms with Gasteiger partial charge in [-0.1, -0.05) is 6.07 Å². The van der Waals surface area contributed by atoms with Crippen LogP contribution >= 0.6 is 0 Å². The summed E-state index contributed by atoms with van der Waals surface area (Å²) in [7, 11) is 0.559. The normalized spacial score (nSPS) is 17.1. The smallest absolute Gasteiger partial charge is 0.465 e. The molecule has 2 heterocycles. The Labute approximate surface area is 112 Å². The second-order valence-corrected chi connectivity index (χ2v) is 5.00. The monoisotopic (exact) mass is 260 g/mol. The Hall–Kier alpha value is -1.50. The molecule has 2 N–H and O–H groups in total. The lowest BCUT2D eigenvalue weighted by atomic mass is 9.88. The Morgan fingerprint density at radius 3 is 2.58 bits per heavy atom. The van der Waals surface area contributed by atoms with Crippen molar-refractivity contribution in [2.75, 3.05) is 38.1 Å². The van der Waals surface area contributed by atoms with Gasteiger partial charge >= 0.3 is 7.12 Å². The van der Waals surface area contributed by atoms with E-state index in [1.165, 1.54) is 0 Å². The standard InChI is InChI=1S/C13H17BN2O3/c1-15-5-7-16(8-6-15)11-3-2-4-12-10(11)9-13(19-12)14(17)18/h2-4,9,17-18H,5-8H2,1H3. The van der Waals surface area contributed by atoms with Gasteiger partial charge in [0.05, 0.1) is 0 Å². The Balaban J connectivity index is 1.98. The summed E-state index contributed by atoms with van der Waals surface area (Å²) < 4.78 is 5.44. The molecule has 0 atom stereocenters. The van der Waals surface area contributed by atoms with Gasteiger partial charge < -0.3 is 24.3 Å². The number of furan rings is 1. The van der Waals surface area contributed by atoms with Crippen molar-refractivity contribution in [1.29, 1.82) is 0 Å². The van der Waals surface area contributed by atoms with E-state index in [9.17, 15) is 10.0 Å². The first kappa shape index (κ1) is 12.5. The van der Waals surface area contributed by atoms with E-state index in [-0.39, 0.29) is 5.66 Å². The van der Waals surface area contributed by atoms with Crippen molar-refractivity contribution in [3.8, 4) is 0 Å². The molecule has 19 heavy (non-hydrogen) atoms. The molecule has 1 fully saturated rings. The number of hydrogen-bond donors (Lipinski definition) is 2. The van der Waals surface area contributed by atoms with Gasteiger partial charge in [-0.15, -0.1) is 0 Å². The minimum absolute atomic E-state index is 0.191. The van der Waals surface area contributed by atoms with Crippen LogP contribution in [0.1, 0.15) is 0 Å². The number of hydrogen-bond acceptors (Lipinski definition) is 5. The molecule has 0 spiro atoms. The molecule has 100 valence electrons. The van der Waals surface area contributed by atoms with Crippen LogP contribution in [0.25, 0.3) is 11.0 Å². The van der Waals surface area contributed by atoms with Crippen LogP contribution in [-0.4, -0.2) is 55.3 Å². The molecule has 5 nitrogen and oxygen atoms in total. The van der Waals surface area contributed by atoms with E-state index in [0.29, 0.717) is 5.58 Å². The molecule has 2 aromatic rings. The first-order valence-corrected chi connectivity index (χ1v) is 6.47. The maximum Gasteiger partial charge on any atom is 0.526 e. The lowest BCUT2D eigenvalue weighted by Gasteiger charge is -2.34. The highest BCUT2D eigenvalue weighted by atomic mass is 16.4. The number of nitrogens with zero attached hydrogens (tertiary/aromatic N) is 2. The van der Waals surface area contributed by atoms with Crippen LogP contribution in [0.15, 0.2) is 28.7 Å². The zero-order valence-corrected chi connectivity index (χ0v) is 10.9. The lowest BCUT2D eigenvalue weighted by molar-refractivity contribution is 0.313. The quantitative estimate of drug-likeness (QED) is 0.736. The summed E-state index contributed by atoms with van der Waals surface area (Å²) in [5, 5.41) is 19.3. The summed E-state index contributed by atoms with van der Waals surface area (Å²) in [5.41, 5.74) is 1.98. The van der Waals surface area contributed by atoms with E-state index in [0.717, 1.165) is 37.3 Å². The van der Waals surface area contributed by atoms with Crippen molar-refractivity contribution >= 4 is 29.4 Å². The van der Waals surface area contributed by atoms with E-state index in [2.05, 4.69) is 22.9 Å².